The second-order valence-corrected chi connectivity index (χ2v) is 6.17. The van der Waals surface area contributed by atoms with Crippen molar-refractivity contribution in [2.45, 2.75) is 64.0 Å². The molecular formula is C15H25F2N3. The van der Waals surface area contributed by atoms with Crippen LogP contribution in [0.1, 0.15) is 51.3 Å². The van der Waals surface area contributed by atoms with Gasteiger partial charge in [-0.25, -0.2) is 8.78 Å². The van der Waals surface area contributed by atoms with Crippen molar-refractivity contribution in [1.82, 2.24) is 15.1 Å². The Labute approximate surface area is 119 Å². The number of aromatic nitrogens is 2. The van der Waals surface area contributed by atoms with Crippen molar-refractivity contribution in [1.29, 1.82) is 0 Å². The zero-order valence-corrected chi connectivity index (χ0v) is 12.6. The third-order valence-corrected chi connectivity index (χ3v) is 4.32. The second kappa shape index (κ2) is 6.20. The van der Waals surface area contributed by atoms with Gasteiger partial charge in [0.2, 0.25) is 5.92 Å². The largest absolute Gasteiger partial charge is 0.316 e. The van der Waals surface area contributed by atoms with Crippen LogP contribution in [0.2, 0.25) is 0 Å². The molecule has 5 heteroatoms. The highest BCUT2D eigenvalue weighted by Crippen LogP contribution is 2.37. The molecule has 1 aromatic heterocycles. The lowest BCUT2D eigenvalue weighted by Crippen LogP contribution is -2.39. The Morgan fingerprint density at radius 2 is 2.05 bits per heavy atom. The first-order valence-corrected chi connectivity index (χ1v) is 7.50. The van der Waals surface area contributed by atoms with E-state index in [9.17, 15) is 8.78 Å². The lowest BCUT2D eigenvalue weighted by Gasteiger charge is -2.33. The molecule has 1 fully saturated rings. The molecule has 0 aliphatic heterocycles. The summed E-state index contributed by atoms with van der Waals surface area (Å²) in [5.74, 6) is -2.13. The molecule has 20 heavy (non-hydrogen) atoms. The van der Waals surface area contributed by atoms with E-state index in [0.717, 1.165) is 12.1 Å². The van der Waals surface area contributed by atoms with Gasteiger partial charge in [-0.3, -0.25) is 4.68 Å². The summed E-state index contributed by atoms with van der Waals surface area (Å²) in [5, 5.41) is 7.84. The van der Waals surface area contributed by atoms with Gasteiger partial charge >= 0.3 is 0 Å². The first kappa shape index (κ1) is 15.4. The molecule has 1 heterocycles. The summed E-state index contributed by atoms with van der Waals surface area (Å²) in [6, 6.07) is 2.62. The molecule has 1 saturated carbocycles. The summed E-state index contributed by atoms with van der Waals surface area (Å²) < 4.78 is 28.4. The lowest BCUT2D eigenvalue weighted by atomic mass is 9.80. The van der Waals surface area contributed by atoms with Crippen LogP contribution in [0.4, 0.5) is 8.78 Å². The summed E-state index contributed by atoms with van der Waals surface area (Å²) in [5.41, 5.74) is 1.04. The van der Waals surface area contributed by atoms with Crippen molar-refractivity contribution < 1.29 is 8.78 Å². The van der Waals surface area contributed by atoms with Gasteiger partial charge in [-0.15, -0.1) is 0 Å². The SMILES string of the molecule is CNC(Cc1ccn(C(C)C)n1)C1CCC(F)(F)CC1. The monoisotopic (exact) mass is 285 g/mol. The van der Waals surface area contributed by atoms with Gasteiger partial charge < -0.3 is 5.32 Å². The maximum absolute atomic E-state index is 13.2. The predicted octanol–water partition coefficient (Wildman–Crippen LogP) is 3.42. The Morgan fingerprint density at radius 1 is 1.40 bits per heavy atom. The standard InChI is InChI=1S/C15H25F2N3/c1-11(2)20-9-6-13(19-20)10-14(18-3)12-4-7-15(16,17)8-5-12/h6,9,11-12,14,18H,4-5,7-8,10H2,1-3H3. The average Bonchev–Trinajstić information content (AvgIpc) is 2.85. The molecule has 1 unspecified atom stereocenters. The molecule has 1 aromatic rings. The fraction of sp³-hybridized carbons (Fsp3) is 0.800. The van der Waals surface area contributed by atoms with Crippen LogP contribution in [0.5, 0.6) is 0 Å². The Balaban J connectivity index is 1.95. The molecule has 0 spiro atoms. The van der Waals surface area contributed by atoms with E-state index < -0.39 is 5.92 Å². The maximum Gasteiger partial charge on any atom is 0.248 e. The molecule has 3 nitrogen and oxygen atoms in total. The van der Waals surface area contributed by atoms with Crippen LogP contribution in [0.15, 0.2) is 12.3 Å². The third kappa shape index (κ3) is 3.78. The number of hydrogen-bond donors (Lipinski definition) is 1. The number of hydrogen-bond acceptors (Lipinski definition) is 2. The molecule has 0 aromatic carbocycles. The number of nitrogens with one attached hydrogen (secondary N) is 1. The van der Waals surface area contributed by atoms with E-state index >= 15 is 0 Å². The number of nitrogens with zero attached hydrogens (tertiary/aromatic N) is 2. The zero-order chi connectivity index (χ0) is 14.8. The minimum atomic E-state index is -2.45. The number of likely N-dealkylation sites (N-methyl/N-ethyl adjacent to an activating group) is 1. The van der Waals surface area contributed by atoms with Gasteiger partial charge in [0.05, 0.1) is 5.69 Å². The molecule has 2 rings (SSSR count). The van der Waals surface area contributed by atoms with Crippen LogP contribution < -0.4 is 5.32 Å². The first-order valence-electron chi connectivity index (χ1n) is 7.50. The van der Waals surface area contributed by atoms with Crippen molar-refractivity contribution in [3.63, 3.8) is 0 Å². The average molecular weight is 285 g/mol. The van der Waals surface area contributed by atoms with E-state index in [2.05, 4.69) is 24.3 Å². The summed E-state index contributed by atoms with van der Waals surface area (Å²) >= 11 is 0. The van der Waals surface area contributed by atoms with E-state index in [1.54, 1.807) is 0 Å². The van der Waals surface area contributed by atoms with Gasteiger partial charge in [0.15, 0.2) is 0 Å². The van der Waals surface area contributed by atoms with Gasteiger partial charge in [0, 0.05) is 37.5 Å². The number of halogens is 2. The normalized spacial score (nSPS) is 21.3. The van der Waals surface area contributed by atoms with E-state index in [-0.39, 0.29) is 18.9 Å². The summed E-state index contributed by atoms with van der Waals surface area (Å²) in [6.07, 6.45) is 4.05. The van der Waals surface area contributed by atoms with E-state index in [1.807, 2.05) is 24.0 Å². The maximum atomic E-state index is 13.2. The molecule has 1 N–H and O–H groups in total. The highest BCUT2D eigenvalue weighted by Gasteiger charge is 2.37. The summed E-state index contributed by atoms with van der Waals surface area (Å²) in [6.45, 7) is 4.19. The molecule has 1 atom stereocenters. The van der Waals surface area contributed by atoms with E-state index in [1.165, 1.54) is 0 Å². The molecule has 0 amide bonds. The quantitative estimate of drug-likeness (QED) is 0.898. The van der Waals surface area contributed by atoms with Crippen LogP contribution in [0, 0.1) is 5.92 Å². The van der Waals surface area contributed by atoms with Gasteiger partial charge in [-0.2, -0.15) is 5.10 Å². The number of alkyl halides is 2. The second-order valence-electron chi connectivity index (χ2n) is 6.17. The zero-order valence-electron chi connectivity index (χ0n) is 12.6. The van der Waals surface area contributed by atoms with Crippen LogP contribution in [-0.4, -0.2) is 28.8 Å². The summed E-state index contributed by atoms with van der Waals surface area (Å²) in [7, 11) is 1.91. The van der Waals surface area contributed by atoms with Crippen molar-refractivity contribution in [3.05, 3.63) is 18.0 Å². The van der Waals surface area contributed by atoms with Crippen molar-refractivity contribution >= 4 is 0 Å². The van der Waals surface area contributed by atoms with Gasteiger partial charge in [0.1, 0.15) is 0 Å². The lowest BCUT2D eigenvalue weighted by molar-refractivity contribution is -0.0493. The highest BCUT2D eigenvalue weighted by molar-refractivity contribution is 5.03. The summed E-state index contributed by atoms with van der Waals surface area (Å²) in [4.78, 5) is 0. The minimum Gasteiger partial charge on any atom is -0.316 e. The Kier molecular flexibility index (Phi) is 4.78. The Hall–Kier alpha value is -0.970. The molecule has 0 bridgehead atoms. The van der Waals surface area contributed by atoms with Crippen LogP contribution in [0.3, 0.4) is 0 Å². The van der Waals surface area contributed by atoms with Crippen molar-refractivity contribution in [3.8, 4) is 0 Å². The van der Waals surface area contributed by atoms with Crippen LogP contribution in [0.25, 0.3) is 0 Å². The van der Waals surface area contributed by atoms with Crippen molar-refractivity contribution in [2.24, 2.45) is 5.92 Å². The van der Waals surface area contributed by atoms with E-state index in [4.69, 9.17) is 0 Å². The smallest absolute Gasteiger partial charge is 0.248 e. The topological polar surface area (TPSA) is 29.9 Å². The highest BCUT2D eigenvalue weighted by atomic mass is 19.3. The first-order chi connectivity index (χ1) is 9.41. The molecular weight excluding hydrogens is 260 g/mol. The predicted molar refractivity (Wildman–Crippen MR) is 76.1 cm³/mol. The van der Waals surface area contributed by atoms with Gasteiger partial charge in [-0.1, -0.05) is 0 Å². The fourth-order valence-corrected chi connectivity index (χ4v) is 2.97. The Morgan fingerprint density at radius 3 is 2.55 bits per heavy atom. The minimum absolute atomic E-state index is 0.0241. The fourth-order valence-electron chi connectivity index (χ4n) is 2.97. The van der Waals surface area contributed by atoms with Crippen LogP contribution in [-0.2, 0) is 6.42 Å². The van der Waals surface area contributed by atoms with Crippen LogP contribution >= 0.6 is 0 Å². The molecule has 0 saturated heterocycles. The van der Waals surface area contributed by atoms with Gasteiger partial charge in [0.25, 0.3) is 0 Å². The van der Waals surface area contributed by atoms with Crippen molar-refractivity contribution in [2.75, 3.05) is 7.05 Å². The van der Waals surface area contributed by atoms with Gasteiger partial charge in [-0.05, 0) is 45.7 Å². The molecule has 0 radical (unpaired) electrons. The Bertz CT molecular complexity index is 419. The molecule has 1 aliphatic rings. The molecule has 1 aliphatic carbocycles. The third-order valence-electron chi connectivity index (χ3n) is 4.32. The number of rotatable bonds is 5. The van der Waals surface area contributed by atoms with E-state index in [0.29, 0.717) is 24.8 Å². The molecule has 114 valence electrons.